The summed E-state index contributed by atoms with van der Waals surface area (Å²) < 4.78 is 0. The molecule has 0 aromatic heterocycles. The van der Waals surface area contributed by atoms with Crippen molar-refractivity contribution >= 4 is 11.9 Å². The number of aliphatic imine (C=N–C) groups is 1. The zero-order chi connectivity index (χ0) is 11.8. The van der Waals surface area contributed by atoms with Gasteiger partial charge in [0.15, 0.2) is 11.5 Å². The van der Waals surface area contributed by atoms with Gasteiger partial charge < -0.3 is 15.5 Å². The number of aryl methyl sites for hydroxylation is 1. The molecule has 0 fully saturated rings. The summed E-state index contributed by atoms with van der Waals surface area (Å²) >= 11 is 0. The SMILES string of the molecule is Oc1cc2c(cc1O)CCC(C1=NCCN1)=C2. The van der Waals surface area contributed by atoms with E-state index >= 15 is 0 Å². The normalized spacial score (nSPS) is 18.1. The lowest BCUT2D eigenvalue weighted by molar-refractivity contribution is 0.403. The number of aromatic hydroxyl groups is 2. The van der Waals surface area contributed by atoms with Crippen LogP contribution in [0.5, 0.6) is 11.5 Å². The zero-order valence-corrected chi connectivity index (χ0v) is 9.40. The Balaban J connectivity index is 2.01. The number of nitrogens with zero attached hydrogens (tertiary/aromatic N) is 1. The van der Waals surface area contributed by atoms with Crippen LogP contribution in [-0.2, 0) is 6.42 Å². The predicted octanol–water partition coefficient (Wildman–Crippen LogP) is 1.43. The zero-order valence-electron chi connectivity index (χ0n) is 9.40. The quantitative estimate of drug-likeness (QED) is 0.639. The Labute approximate surface area is 99.3 Å². The third-order valence-electron chi connectivity index (χ3n) is 3.21. The maximum Gasteiger partial charge on any atom is 0.158 e. The largest absolute Gasteiger partial charge is 0.504 e. The molecule has 0 spiro atoms. The van der Waals surface area contributed by atoms with Crippen LogP contribution >= 0.6 is 0 Å². The van der Waals surface area contributed by atoms with Gasteiger partial charge in [0.25, 0.3) is 0 Å². The Morgan fingerprint density at radius 1 is 1.12 bits per heavy atom. The smallest absolute Gasteiger partial charge is 0.158 e. The molecule has 17 heavy (non-hydrogen) atoms. The lowest BCUT2D eigenvalue weighted by Crippen LogP contribution is -2.22. The van der Waals surface area contributed by atoms with Crippen molar-refractivity contribution in [2.45, 2.75) is 12.8 Å². The van der Waals surface area contributed by atoms with E-state index in [1.807, 2.05) is 6.08 Å². The first-order valence-corrected chi connectivity index (χ1v) is 5.78. The van der Waals surface area contributed by atoms with E-state index in [-0.39, 0.29) is 11.5 Å². The highest BCUT2D eigenvalue weighted by Gasteiger charge is 2.18. The van der Waals surface area contributed by atoms with E-state index in [1.165, 1.54) is 5.57 Å². The standard InChI is InChI=1S/C13H14N2O2/c16-11-6-8-1-2-9(13-14-3-4-15-13)5-10(8)7-12(11)17/h5-7,16-17H,1-4H2,(H,14,15). The van der Waals surface area contributed by atoms with Crippen molar-refractivity contribution in [1.82, 2.24) is 5.32 Å². The minimum Gasteiger partial charge on any atom is -0.504 e. The molecule has 0 unspecified atom stereocenters. The fraction of sp³-hybridized carbons (Fsp3) is 0.308. The Kier molecular flexibility index (Phi) is 2.28. The van der Waals surface area contributed by atoms with Gasteiger partial charge in [-0.1, -0.05) is 0 Å². The monoisotopic (exact) mass is 230 g/mol. The number of fused-ring (bicyclic) bond motifs is 1. The Morgan fingerprint density at radius 2 is 1.94 bits per heavy atom. The summed E-state index contributed by atoms with van der Waals surface area (Å²) in [4.78, 5) is 4.40. The molecule has 1 aromatic carbocycles. The summed E-state index contributed by atoms with van der Waals surface area (Å²) in [5, 5.41) is 22.2. The molecule has 4 heteroatoms. The molecular weight excluding hydrogens is 216 g/mol. The maximum absolute atomic E-state index is 9.50. The molecular formula is C13H14N2O2. The van der Waals surface area contributed by atoms with Crippen LogP contribution in [0.15, 0.2) is 22.7 Å². The van der Waals surface area contributed by atoms with Gasteiger partial charge >= 0.3 is 0 Å². The predicted molar refractivity (Wildman–Crippen MR) is 66.4 cm³/mol. The fourth-order valence-electron chi connectivity index (χ4n) is 2.32. The van der Waals surface area contributed by atoms with Gasteiger partial charge in [-0.2, -0.15) is 0 Å². The first-order valence-electron chi connectivity index (χ1n) is 5.78. The Hall–Kier alpha value is -1.97. The van der Waals surface area contributed by atoms with E-state index in [1.54, 1.807) is 12.1 Å². The van der Waals surface area contributed by atoms with Crippen LogP contribution in [0.4, 0.5) is 0 Å². The van der Waals surface area contributed by atoms with Crippen molar-refractivity contribution in [3.05, 3.63) is 28.8 Å². The summed E-state index contributed by atoms with van der Waals surface area (Å²) in [7, 11) is 0. The van der Waals surface area contributed by atoms with Crippen molar-refractivity contribution in [3.8, 4) is 11.5 Å². The van der Waals surface area contributed by atoms with E-state index in [4.69, 9.17) is 0 Å². The molecule has 1 aliphatic carbocycles. The third kappa shape index (κ3) is 1.75. The van der Waals surface area contributed by atoms with Crippen molar-refractivity contribution in [3.63, 3.8) is 0 Å². The fourth-order valence-corrected chi connectivity index (χ4v) is 2.32. The molecule has 0 saturated carbocycles. The van der Waals surface area contributed by atoms with Gasteiger partial charge in [0.1, 0.15) is 5.84 Å². The second-order valence-electron chi connectivity index (χ2n) is 4.37. The second-order valence-corrected chi connectivity index (χ2v) is 4.37. The number of hydrogen-bond acceptors (Lipinski definition) is 4. The number of rotatable bonds is 1. The Morgan fingerprint density at radius 3 is 2.71 bits per heavy atom. The van der Waals surface area contributed by atoms with Gasteiger partial charge in [-0.05, 0) is 47.8 Å². The van der Waals surface area contributed by atoms with E-state index < -0.39 is 0 Å². The van der Waals surface area contributed by atoms with Crippen LogP contribution in [0.2, 0.25) is 0 Å². The molecule has 3 rings (SSSR count). The molecule has 1 aliphatic heterocycles. The third-order valence-corrected chi connectivity index (χ3v) is 3.21. The number of amidine groups is 1. The van der Waals surface area contributed by atoms with Gasteiger partial charge in [0.2, 0.25) is 0 Å². The minimum atomic E-state index is -0.0671. The summed E-state index contributed by atoms with van der Waals surface area (Å²) in [6.45, 7) is 1.74. The molecule has 0 bridgehead atoms. The van der Waals surface area contributed by atoms with Gasteiger partial charge in [-0.15, -0.1) is 0 Å². The van der Waals surface area contributed by atoms with Crippen LogP contribution in [0.1, 0.15) is 17.5 Å². The highest BCUT2D eigenvalue weighted by molar-refractivity contribution is 6.03. The summed E-state index contributed by atoms with van der Waals surface area (Å²) in [5.74, 6) is 0.864. The van der Waals surface area contributed by atoms with Gasteiger partial charge in [0, 0.05) is 6.54 Å². The average molecular weight is 230 g/mol. The van der Waals surface area contributed by atoms with Crippen molar-refractivity contribution in [2.24, 2.45) is 4.99 Å². The van der Waals surface area contributed by atoms with Gasteiger partial charge in [0.05, 0.1) is 6.54 Å². The van der Waals surface area contributed by atoms with Crippen molar-refractivity contribution in [1.29, 1.82) is 0 Å². The highest BCUT2D eigenvalue weighted by atomic mass is 16.3. The summed E-state index contributed by atoms with van der Waals surface area (Å²) in [6, 6.07) is 3.25. The van der Waals surface area contributed by atoms with Crippen LogP contribution in [0, 0.1) is 0 Å². The van der Waals surface area contributed by atoms with E-state index in [0.29, 0.717) is 0 Å². The topological polar surface area (TPSA) is 64.8 Å². The van der Waals surface area contributed by atoms with Crippen LogP contribution in [0.3, 0.4) is 0 Å². The van der Waals surface area contributed by atoms with Crippen LogP contribution in [-0.4, -0.2) is 29.1 Å². The van der Waals surface area contributed by atoms with Gasteiger partial charge in [-0.25, -0.2) is 0 Å². The average Bonchev–Trinajstić information content (AvgIpc) is 2.83. The first kappa shape index (κ1) is 10.2. The van der Waals surface area contributed by atoms with Crippen LogP contribution < -0.4 is 5.32 Å². The summed E-state index contributed by atoms with van der Waals surface area (Å²) in [6.07, 6.45) is 3.83. The number of phenols is 2. The number of phenolic OH excluding ortho intramolecular Hbond substituents is 2. The molecule has 0 atom stereocenters. The van der Waals surface area contributed by atoms with E-state index in [9.17, 15) is 10.2 Å². The Bertz CT molecular complexity index is 532. The lowest BCUT2D eigenvalue weighted by atomic mass is 9.91. The molecule has 1 heterocycles. The summed E-state index contributed by atoms with van der Waals surface area (Å²) in [5.41, 5.74) is 3.22. The van der Waals surface area contributed by atoms with Crippen molar-refractivity contribution < 1.29 is 10.2 Å². The van der Waals surface area contributed by atoms with Crippen LogP contribution in [0.25, 0.3) is 6.08 Å². The molecule has 2 aliphatic rings. The molecule has 0 radical (unpaired) electrons. The second kappa shape index (κ2) is 3.80. The number of nitrogens with one attached hydrogen (secondary N) is 1. The van der Waals surface area contributed by atoms with E-state index in [0.717, 1.165) is 42.9 Å². The maximum atomic E-state index is 9.50. The van der Waals surface area contributed by atoms with E-state index in [2.05, 4.69) is 10.3 Å². The molecule has 88 valence electrons. The molecule has 1 aromatic rings. The lowest BCUT2D eigenvalue weighted by Gasteiger charge is -2.17. The number of hydrogen-bond donors (Lipinski definition) is 3. The molecule has 4 nitrogen and oxygen atoms in total. The number of benzene rings is 1. The van der Waals surface area contributed by atoms with Crippen molar-refractivity contribution in [2.75, 3.05) is 13.1 Å². The minimum absolute atomic E-state index is 0.0445. The molecule has 3 N–H and O–H groups in total. The first-order chi connectivity index (χ1) is 8.24. The molecule has 0 amide bonds. The highest BCUT2D eigenvalue weighted by Crippen LogP contribution is 2.33. The van der Waals surface area contributed by atoms with Gasteiger partial charge in [-0.3, -0.25) is 4.99 Å². The molecule has 0 saturated heterocycles.